The minimum absolute atomic E-state index is 0.165. The molecule has 0 radical (unpaired) electrons. The first-order valence-corrected chi connectivity index (χ1v) is 10.0. The van der Waals surface area contributed by atoms with Crippen molar-refractivity contribution in [2.24, 2.45) is 0 Å². The normalized spacial score (nSPS) is 11.6. The average molecular weight is 412 g/mol. The molecule has 0 saturated carbocycles. The molecule has 0 aliphatic heterocycles. The number of carbonyl (C=O) groups excluding carboxylic acids is 2. The summed E-state index contributed by atoms with van der Waals surface area (Å²) >= 11 is 0. The van der Waals surface area contributed by atoms with Gasteiger partial charge in [0.15, 0.2) is 5.78 Å². The minimum atomic E-state index is -0.962. The highest BCUT2D eigenvalue weighted by Crippen LogP contribution is 2.14. The first-order valence-electron chi connectivity index (χ1n) is 10.0. The molecule has 0 saturated heterocycles. The topological polar surface area (TPSA) is 116 Å². The molecule has 2 aromatic carbocycles. The van der Waals surface area contributed by atoms with Crippen LogP contribution in [0.4, 0.5) is 0 Å². The van der Waals surface area contributed by atoms with E-state index in [1.807, 2.05) is 12.1 Å². The van der Waals surface area contributed by atoms with Crippen molar-refractivity contribution < 1.29 is 24.6 Å². The highest BCUT2D eigenvalue weighted by Gasteiger charge is 2.18. The Kier molecular flexibility index (Phi) is 9.70. The Morgan fingerprint density at radius 3 is 2.40 bits per heavy atom. The van der Waals surface area contributed by atoms with Crippen LogP contribution in [0.5, 0.6) is 0 Å². The number of aliphatic hydroxyl groups is 1. The Morgan fingerprint density at radius 1 is 0.933 bits per heavy atom. The summed E-state index contributed by atoms with van der Waals surface area (Å²) in [4.78, 5) is 35.0. The van der Waals surface area contributed by atoms with E-state index in [-0.39, 0.29) is 11.7 Å². The summed E-state index contributed by atoms with van der Waals surface area (Å²) in [7, 11) is 0. The fraction of sp³-hybridized carbons (Fsp3) is 0.348. The molecule has 2 rings (SSSR count). The average Bonchev–Trinajstić information content (AvgIpc) is 2.76. The maximum absolute atomic E-state index is 12.3. The molecule has 0 aliphatic carbocycles. The van der Waals surface area contributed by atoms with Crippen LogP contribution in [0.3, 0.4) is 0 Å². The van der Waals surface area contributed by atoms with Gasteiger partial charge in [0.25, 0.3) is 5.91 Å². The van der Waals surface area contributed by atoms with E-state index in [4.69, 9.17) is 5.11 Å². The van der Waals surface area contributed by atoms with Gasteiger partial charge in [-0.05, 0) is 36.1 Å². The first-order chi connectivity index (χ1) is 14.5. The van der Waals surface area contributed by atoms with Crippen molar-refractivity contribution in [3.05, 3.63) is 71.3 Å². The van der Waals surface area contributed by atoms with Crippen molar-refractivity contribution in [2.45, 2.75) is 38.3 Å². The van der Waals surface area contributed by atoms with Gasteiger partial charge in [0.1, 0.15) is 12.6 Å². The van der Waals surface area contributed by atoms with Crippen LogP contribution in [0, 0.1) is 0 Å². The van der Waals surface area contributed by atoms with Gasteiger partial charge in [0.05, 0.1) is 0 Å². The molecule has 7 nitrogen and oxygen atoms in total. The molecule has 160 valence electrons. The van der Waals surface area contributed by atoms with Crippen LogP contribution >= 0.6 is 0 Å². The van der Waals surface area contributed by atoms with Gasteiger partial charge >= 0.3 is 5.97 Å². The van der Waals surface area contributed by atoms with E-state index in [2.05, 4.69) is 10.6 Å². The number of ketones is 1. The van der Waals surface area contributed by atoms with Crippen molar-refractivity contribution in [2.75, 3.05) is 13.2 Å². The summed E-state index contributed by atoms with van der Waals surface area (Å²) in [5.74, 6) is -1.32. The van der Waals surface area contributed by atoms with Gasteiger partial charge < -0.3 is 15.5 Å². The van der Waals surface area contributed by atoms with Crippen molar-refractivity contribution >= 4 is 17.7 Å². The first kappa shape index (κ1) is 23.3. The lowest BCUT2D eigenvalue weighted by Gasteiger charge is -2.15. The molecule has 1 amide bonds. The van der Waals surface area contributed by atoms with Crippen molar-refractivity contribution in [3.63, 3.8) is 0 Å². The molecule has 2 aromatic rings. The van der Waals surface area contributed by atoms with E-state index in [0.29, 0.717) is 37.1 Å². The van der Waals surface area contributed by atoms with Gasteiger partial charge in [-0.15, -0.1) is 0 Å². The summed E-state index contributed by atoms with van der Waals surface area (Å²) < 4.78 is 0. The standard InChI is InChI=1S/C23H28N2O5/c26-16-20(27)12-5-2-6-13-24-22(28)19-11-7-8-17(14-19)15-25-21(23(29)30)18-9-3-1-4-10-18/h1,3-4,7-11,14,21,25-26H,2,5-6,12-13,15-16H2,(H,24,28)(H,29,30)/t21-/m0/s1. The molecule has 30 heavy (non-hydrogen) atoms. The number of Topliss-reactive ketones (excluding diaryl/α,β-unsaturated/α-hetero) is 1. The number of amides is 1. The summed E-state index contributed by atoms with van der Waals surface area (Å²) in [6.07, 6.45) is 2.61. The molecular weight excluding hydrogens is 384 g/mol. The lowest BCUT2D eigenvalue weighted by atomic mass is 10.1. The number of aliphatic carboxylic acids is 1. The van der Waals surface area contributed by atoms with Gasteiger partial charge in [-0.25, -0.2) is 0 Å². The van der Waals surface area contributed by atoms with Crippen molar-refractivity contribution in [3.8, 4) is 0 Å². The highest BCUT2D eigenvalue weighted by atomic mass is 16.4. The number of benzene rings is 2. The molecule has 0 fully saturated rings. The Bertz CT molecular complexity index is 838. The number of carboxylic acid groups (broad SMARTS) is 1. The van der Waals surface area contributed by atoms with Crippen LogP contribution in [-0.4, -0.2) is 41.0 Å². The molecular formula is C23H28N2O5. The predicted molar refractivity (Wildman–Crippen MR) is 113 cm³/mol. The predicted octanol–water partition coefficient (Wildman–Crippen LogP) is 2.45. The Balaban J connectivity index is 1.82. The molecule has 0 aromatic heterocycles. The Morgan fingerprint density at radius 2 is 1.70 bits per heavy atom. The van der Waals surface area contributed by atoms with E-state index in [1.54, 1.807) is 42.5 Å². The van der Waals surface area contributed by atoms with Gasteiger partial charge in [0, 0.05) is 25.1 Å². The number of rotatable bonds is 13. The third-order valence-electron chi connectivity index (χ3n) is 4.67. The zero-order valence-electron chi connectivity index (χ0n) is 16.8. The number of hydrogen-bond acceptors (Lipinski definition) is 5. The van der Waals surface area contributed by atoms with E-state index in [0.717, 1.165) is 18.4 Å². The Hall–Kier alpha value is -3.03. The summed E-state index contributed by atoms with van der Waals surface area (Å²) in [6, 6.07) is 15.2. The molecule has 7 heteroatoms. The fourth-order valence-electron chi connectivity index (χ4n) is 3.04. The van der Waals surface area contributed by atoms with Crippen molar-refractivity contribution in [1.29, 1.82) is 0 Å². The highest BCUT2D eigenvalue weighted by molar-refractivity contribution is 5.94. The number of nitrogens with one attached hydrogen (secondary N) is 2. The lowest BCUT2D eigenvalue weighted by Crippen LogP contribution is -2.28. The van der Waals surface area contributed by atoms with Crippen LogP contribution in [0.15, 0.2) is 54.6 Å². The van der Waals surface area contributed by atoms with Gasteiger partial charge in [-0.3, -0.25) is 19.7 Å². The molecule has 0 unspecified atom stereocenters. The fourth-order valence-corrected chi connectivity index (χ4v) is 3.04. The molecule has 0 aliphatic rings. The monoisotopic (exact) mass is 412 g/mol. The largest absolute Gasteiger partial charge is 0.480 e. The quantitative estimate of drug-likeness (QED) is 0.376. The van der Waals surface area contributed by atoms with Crippen LogP contribution in [0.1, 0.15) is 53.2 Å². The van der Waals surface area contributed by atoms with Crippen LogP contribution < -0.4 is 10.6 Å². The molecule has 4 N–H and O–H groups in total. The maximum atomic E-state index is 12.3. The summed E-state index contributed by atoms with van der Waals surface area (Å²) in [6.45, 7) is 0.399. The second-order valence-corrected chi connectivity index (χ2v) is 7.03. The Labute approximate surface area is 176 Å². The van der Waals surface area contributed by atoms with E-state index in [9.17, 15) is 19.5 Å². The summed E-state index contributed by atoms with van der Waals surface area (Å²) in [5.41, 5.74) is 1.99. The SMILES string of the molecule is O=C(CO)CCCCCNC(=O)c1cccc(CN[C@H](C(=O)O)c2ccccc2)c1. The van der Waals surface area contributed by atoms with Gasteiger partial charge in [-0.2, -0.15) is 0 Å². The third kappa shape index (κ3) is 7.77. The van der Waals surface area contributed by atoms with E-state index >= 15 is 0 Å². The van der Waals surface area contributed by atoms with Gasteiger partial charge in [-0.1, -0.05) is 48.9 Å². The van der Waals surface area contributed by atoms with Crippen LogP contribution in [-0.2, 0) is 16.1 Å². The molecule has 0 bridgehead atoms. The van der Waals surface area contributed by atoms with Crippen LogP contribution in [0.2, 0.25) is 0 Å². The number of carboxylic acids is 1. The number of hydrogen-bond donors (Lipinski definition) is 4. The second kappa shape index (κ2) is 12.5. The minimum Gasteiger partial charge on any atom is -0.480 e. The van der Waals surface area contributed by atoms with E-state index in [1.165, 1.54) is 0 Å². The number of unbranched alkanes of at least 4 members (excludes halogenated alkanes) is 2. The zero-order valence-corrected chi connectivity index (χ0v) is 16.8. The lowest BCUT2D eigenvalue weighted by molar-refractivity contribution is -0.139. The zero-order chi connectivity index (χ0) is 21.8. The third-order valence-corrected chi connectivity index (χ3v) is 4.67. The smallest absolute Gasteiger partial charge is 0.325 e. The summed E-state index contributed by atoms with van der Waals surface area (Å²) in [5, 5.41) is 24.0. The maximum Gasteiger partial charge on any atom is 0.325 e. The van der Waals surface area contributed by atoms with E-state index < -0.39 is 18.6 Å². The number of aliphatic hydroxyl groups excluding tert-OH is 1. The molecule has 1 atom stereocenters. The molecule has 0 heterocycles. The molecule has 0 spiro atoms. The van der Waals surface area contributed by atoms with Gasteiger partial charge in [0.2, 0.25) is 0 Å². The van der Waals surface area contributed by atoms with Crippen LogP contribution in [0.25, 0.3) is 0 Å². The van der Waals surface area contributed by atoms with Crippen molar-refractivity contribution in [1.82, 2.24) is 10.6 Å². The number of carbonyl (C=O) groups is 3. The second-order valence-electron chi connectivity index (χ2n) is 7.03.